The van der Waals surface area contributed by atoms with Gasteiger partial charge in [0.25, 0.3) is 5.56 Å². The van der Waals surface area contributed by atoms with Gasteiger partial charge in [-0.2, -0.15) is 0 Å². The van der Waals surface area contributed by atoms with Gasteiger partial charge in [0, 0.05) is 16.9 Å². The number of methoxy groups -OCH3 is 1. The number of aromatic nitrogens is 2. The van der Waals surface area contributed by atoms with Crippen molar-refractivity contribution >= 4 is 27.5 Å². The predicted octanol–water partition coefficient (Wildman–Crippen LogP) is 3.06. The number of benzene rings is 1. The van der Waals surface area contributed by atoms with Crippen molar-refractivity contribution in [2.45, 2.75) is 39.2 Å². The van der Waals surface area contributed by atoms with E-state index in [9.17, 15) is 9.59 Å². The Balaban J connectivity index is 2.25. The standard InChI is InChI=1S/C20H23N3O3S/c1-4-13-11-14-19(27-13)22-17(10-12-8-6-7-9-16(12)26-3)23(20(14)25)15(5-2)18(21)24/h6-9,11,15H,4-5,10H2,1-3H3,(H2,21,24). The van der Waals surface area contributed by atoms with Gasteiger partial charge in [-0.1, -0.05) is 32.0 Å². The topological polar surface area (TPSA) is 87.2 Å². The summed E-state index contributed by atoms with van der Waals surface area (Å²) >= 11 is 1.51. The number of aryl methyl sites for hydroxylation is 1. The van der Waals surface area contributed by atoms with Crippen LogP contribution in [0, 0.1) is 0 Å². The largest absolute Gasteiger partial charge is 0.496 e. The smallest absolute Gasteiger partial charge is 0.263 e. The summed E-state index contributed by atoms with van der Waals surface area (Å²) in [4.78, 5) is 31.8. The maximum absolute atomic E-state index is 13.2. The van der Waals surface area contributed by atoms with Crippen molar-refractivity contribution in [1.82, 2.24) is 9.55 Å². The zero-order valence-corrected chi connectivity index (χ0v) is 16.5. The Morgan fingerprint density at radius 1 is 1.33 bits per heavy atom. The van der Waals surface area contributed by atoms with E-state index in [4.69, 9.17) is 15.5 Å². The van der Waals surface area contributed by atoms with Crippen LogP contribution >= 0.6 is 11.3 Å². The minimum absolute atomic E-state index is 0.216. The summed E-state index contributed by atoms with van der Waals surface area (Å²) < 4.78 is 6.89. The van der Waals surface area contributed by atoms with E-state index in [1.165, 1.54) is 15.9 Å². The molecule has 0 spiro atoms. The minimum atomic E-state index is -0.732. The molecule has 7 heteroatoms. The molecule has 1 aromatic carbocycles. The first-order valence-corrected chi connectivity index (χ1v) is 9.76. The molecule has 3 aromatic rings. The zero-order chi connectivity index (χ0) is 19.6. The number of hydrogen-bond acceptors (Lipinski definition) is 5. The molecule has 0 aliphatic heterocycles. The van der Waals surface area contributed by atoms with Crippen LogP contribution in [0.25, 0.3) is 10.2 Å². The Kier molecular flexibility index (Phi) is 5.60. The number of fused-ring (bicyclic) bond motifs is 1. The van der Waals surface area contributed by atoms with Gasteiger partial charge in [-0.15, -0.1) is 11.3 Å². The first-order valence-electron chi connectivity index (χ1n) is 8.95. The fourth-order valence-electron chi connectivity index (χ4n) is 3.24. The number of hydrogen-bond donors (Lipinski definition) is 1. The van der Waals surface area contributed by atoms with Crippen molar-refractivity contribution < 1.29 is 9.53 Å². The molecule has 0 bridgehead atoms. The van der Waals surface area contributed by atoms with E-state index in [0.717, 1.165) is 16.9 Å². The zero-order valence-electron chi connectivity index (χ0n) is 15.7. The number of para-hydroxylation sites is 1. The third kappa shape index (κ3) is 3.60. The fraction of sp³-hybridized carbons (Fsp3) is 0.350. The third-order valence-corrected chi connectivity index (χ3v) is 5.81. The Hall–Kier alpha value is -2.67. The van der Waals surface area contributed by atoms with Crippen molar-refractivity contribution in [2.75, 3.05) is 7.11 Å². The molecular weight excluding hydrogens is 362 g/mol. The van der Waals surface area contributed by atoms with E-state index in [1.54, 1.807) is 7.11 Å². The molecule has 142 valence electrons. The van der Waals surface area contributed by atoms with Crippen molar-refractivity contribution in [1.29, 1.82) is 0 Å². The molecule has 0 saturated heterocycles. The van der Waals surface area contributed by atoms with Crippen LogP contribution in [0.15, 0.2) is 35.1 Å². The Morgan fingerprint density at radius 3 is 2.70 bits per heavy atom. The lowest BCUT2D eigenvalue weighted by atomic mass is 10.1. The fourth-order valence-corrected chi connectivity index (χ4v) is 4.21. The van der Waals surface area contributed by atoms with Gasteiger partial charge in [-0.05, 0) is 25.0 Å². The van der Waals surface area contributed by atoms with Gasteiger partial charge in [0.15, 0.2) is 0 Å². The lowest BCUT2D eigenvalue weighted by molar-refractivity contribution is -0.121. The number of ether oxygens (including phenoxy) is 1. The second-order valence-corrected chi connectivity index (χ2v) is 7.42. The van der Waals surface area contributed by atoms with E-state index in [1.807, 2.05) is 44.2 Å². The Bertz CT molecular complexity index is 1040. The van der Waals surface area contributed by atoms with Gasteiger partial charge in [0.1, 0.15) is 22.4 Å². The lowest BCUT2D eigenvalue weighted by Crippen LogP contribution is -2.36. The highest BCUT2D eigenvalue weighted by Gasteiger charge is 2.24. The Labute approximate surface area is 161 Å². The average Bonchev–Trinajstić information content (AvgIpc) is 3.08. The predicted molar refractivity (Wildman–Crippen MR) is 108 cm³/mol. The minimum Gasteiger partial charge on any atom is -0.496 e. The second-order valence-electron chi connectivity index (χ2n) is 6.30. The molecule has 2 aromatic heterocycles. The lowest BCUT2D eigenvalue weighted by Gasteiger charge is -2.19. The molecule has 1 unspecified atom stereocenters. The van der Waals surface area contributed by atoms with Crippen LogP contribution in [-0.2, 0) is 17.6 Å². The van der Waals surface area contributed by atoms with Gasteiger partial charge < -0.3 is 10.5 Å². The molecule has 3 rings (SSSR count). The molecule has 2 heterocycles. The average molecular weight is 385 g/mol. The van der Waals surface area contributed by atoms with Crippen LogP contribution in [0.1, 0.15) is 42.6 Å². The monoisotopic (exact) mass is 385 g/mol. The van der Waals surface area contributed by atoms with Crippen LogP contribution in [0.2, 0.25) is 0 Å². The van der Waals surface area contributed by atoms with E-state index < -0.39 is 11.9 Å². The maximum Gasteiger partial charge on any atom is 0.263 e. The number of amides is 1. The van der Waals surface area contributed by atoms with Crippen LogP contribution in [-0.4, -0.2) is 22.6 Å². The first kappa shape index (κ1) is 19.1. The van der Waals surface area contributed by atoms with Crippen molar-refractivity contribution in [3.8, 4) is 5.75 Å². The van der Waals surface area contributed by atoms with Gasteiger partial charge in [0.05, 0.1) is 12.5 Å². The number of primary amides is 1. The van der Waals surface area contributed by atoms with Crippen LogP contribution in [0.3, 0.4) is 0 Å². The van der Waals surface area contributed by atoms with Crippen molar-refractivity contribution in [3.63, 3.8) is 0 Å². The normalized spacial score (nSPS) is 12.3. The summed E-state index contributed by atoms with van der Waals surface area (Å²) in [6.45, 7) is 3.88. The van der Waals surface area contributed by atoms with Crippen LogP contribution < -0.4 is 16.0 Å². The molecule has 1 atom stereocenters. The molecule has 27 heavy (non-hydrogen) atoms. The van der Waals surface area contributed by atoms with E-state index in [-0.39, 0.29) is 5.56 Å². The van der Waals surface area contributed by atoms with Gasteiger partial charge in [-0.25, -0.2) is 4.98 Å². The quantitative estimate of drug-likeness (QED) is 0.677. The summed E-state index contributed by atoms with van der Waals surface area (Å²) in [5, 5.41) is 0.542. The van der Waals surface area contributed by atoms with Crippen LogP contribution in [0.5, 0.6) is 5.75 Å². The highest BCUT2D eigenvalue weighted by atomic mass is 32.1. The summed E-state index contributed by atoms with van der Waals surface area (Å²) in [5.41, 5.74) is 6.27. The van der Waals surface area contributed by atoms with E-state index >= 15 is 0 Å². The van der Waals surface area contributed by atoms with E-state index in [2.05, 4.69) is 0 Å². The van der Waals surface area contributed by atoms with Gasteiger partial charge in [-0.3, -0.25) is 14.2 Å². The number of rotatable bonds is 7. The van der Waals surface area contributed by atoms with E-state index in [0.29, 0.717) is 34.6 Å². The van der Waals surface area contributed by atoms with Crippen molar-refractivity contribution in [3.05, 3.63) is 57.0 Å². The number of carbonyl (C=O) groups excluding carboxylic acids is 1. The SMILES string of the molecule is CCc1cc2c(=O)n(C(CC)C(N)=O)c(Cc3ccccc3OC)nc2s1. The molecule has 0 radical (unpaired) electrons. The number of thiophene rings is 1. The highest BCUT2D eigenvalue weighted by Crippen LogP contribution is 2.26. The molecule has 0 aliphatic carbocycles. The summed E-state index contributed by atoms with van der Waals surface area (Å²) in [5.74, 6) is 0.700. The highest BCUT2D eigenvalue weighted by molar-refractivity contribution is 7.18. The molecule has 1 amide bonds. The first-order chi connectivity index (χ1) is 13.0. The van der Waals surface area contributed by atoms with Crippen molar-refractivity contribution in [2.24, 2.45) is 5.73 Å². The molecule has 0 aliphatic rings. The molecular formula is C20H23N3O3S. The second kappa shape index (κ2) is 7.92. The van der Waals surface area contributed by atoms with Crippen LogP contribution in [0.4, 0.5) is 0 Å². The molecule has 2 N–H and O–H groups in total. The summed E-state index contributed by atoms with van der Waals surface area (Å²) in [6.07, 6.45) is 1.62. The Morgan fingerprint density at radius 2 is 2.07 bits per heavy atom. The number of carbonyl (C=O) groups is 1. The third-order valence-electron chi connectivity index (χ3n) is 4.64. The summed E-state index contributed by atoms with van der Waals surface area (Å²) in [6, 6.07) is 8.72. The molecule has 0 saturated carbocycles. The molecule has 6 nitrogen and oxygen atoms in total. The van der Waals surface area contributed by atoms with Gasteiger partial charge in [0.2, 0.25) is 5.91 Å². The number of nitrogens with two attached hydrogens (primary N) is 1. The number of nitrogens with zero attached hydrogens (tertiary/aromatic N) is 2. The van der Waals surface area contributed by atoms with Gasteiger partial charge >= 0.3 is 0 Å². The molecule has 0 fully saturated rings. The maximum atomic E-state index is 13.2. The summed E-state index contributed by atoms with van der Waals surface area (Å²) in [7, 11) is 1.60.